The molecule has 1 heterocycles. The molecular formula is C24H45NO3S. The number of nitrogens with one attached hydrogen (secondary N) is 1. The smallest absolute Gasteiger partial charge is 0.0701 e. The van der Waals surface area contributed by atoms with Gasteiger partial charge in [0.15, 0.2) is 0 Å². The van der Waals surface area contributed by atoms with E-state index in [0.29, 0.717) is 26.4 Å². The lowest BCUT2D eigenvalue weighted by atomic mass is 10.1. The first-order valence-electron chi connectivity index (χ1n) is 11.9. The molecule has 0 saturated carbocycles. The summed E-state index contributed by atoms with van der Waals surface area (Å²) in [4.78, 5) is 0. The molecule has 29 heavy (non-hydrogen) atoms. The summed E-state index contributed by atoms with van der Waals surface area (Å²) in [6.07, 6.45) is 14.9. The molecule has 0 bridgehead atoms. The second-order valence-corrected chi connectivity index (χ2v) is 8.43. The number of ether oxygens (including phenoxy) is 3. The second-order valence-electron chi connectivity index (χ2n) is 7.65. The van der Waals surface area contributed by atoms with Crippen LogP contribution in [0.4, 0.5) is 0 Å². The molecule has 0 aromatic carbocycles. The Balaban J connectivity index is 1.63. The van der Waals surface area contributed by atoms with E-state index >= 15 is 0 Å². The maximum atomic E-state index is 5.58. The van der Waals surface area contributed by atoms with Crippen molar-refractivity contribution >= 4 is 11.3 Å². The van der Waals surface area contributed by atoms with Gasteiger partial charge in [0.2, 0.25) is 0 Å². The third kappa shape index (κ3) is 19.3. The lowest BCUT2D eigenvalue weighted by Gasteiger charge is -2.08. The van der Waals surface area contributed by atoms with Crippen molar-refractivity contribution in [1.29, 1.82) is 0 Å². The van der Waals surface area contributed by atoms with Crippen LogP contribution in [0.2, 0.25) is 0 Å². The van der Waals surface area contributed by atoms with Crippen molar-refractivity contribution in [2.45, 2.75) is 77.6 Å². The SMILES string of the molecule is CCCCCCCCCCCCNCCOCCOCCOCCc1ccsc1. The minimum Gasteiger partial charge on any atom is -0.379 e. The van der Waals surface area contributed by atoms with E-state index in [9.17, 15) is 0 Å². The van der Waals surface area contributed by atoms with Gasteiger partial charge in [-0.15, -0.1) is 0 Å². The van der Waals surface area contributed by atoms with Crippen molar-refractivity contribution in [3.8, 4) is 0 Å². The maximum Gasteiger partial charge on any atom is 0.0701 e. The van der Waals surface area contributed by atoms with Crippen molar-refractivity contribution in [2.24, 2.45) is 0 Å². The van der Waals surface area contributed by atoms with E-state index in [-0.39, 0.29) is 0 Å². The molecule has 0 spiro atoms. The topological polar surface area (TPSA) is 39.7 Å². The molecule has 170 valence electrons. The molecule has 1 aromatic heterocycles. The summed E-state index contributed by atoms with van der Waals surface area (Å²) in [6, 6.07) is 2.15. The zero-order chi connectivity index (χ0) is 20.7. The first-order chi connectivity index (χ1) is 14.4. The molecule has 0 atom stereocenters. The van der Waals surface area contributed by atoms with E-state index in [1.807, 2.05) is 0 Å². The van der Waals surface area contributed by atoms with Gasteiger partial charge < -0.3 is 19.5 Å². The highest BCUT2D eigenvalue weighted by Gasteiger charge is 1.95. The Bertz CT molecular complexity index is 414. The summed E-state index contributed by atoms with van der Waals surface area (Å²) in [6.45, 7) is 8.46. The number of thiophene rings is 1. The molecule has 0 radical (unpaired) electrons. The second kappa shape index (κ2) is 22.2. The van der Waals surface area contributed by atoms with Gasteiger partial charge in [-0.3, -0.25) is 0 Å². The third-order valence-corrected chi connectivity index (χ3v) is 5.72. The Kier molecular flexibility index (Phi) is 20.4. The first kappa shape index (κ1) is 26.6. The van der Waals surface area contributed by atoms with Crippen LogP contribution in [-0.2, 0) is 20.6 Å². The van der Waals surface area contributed by atoms with Gasteiger partial charge in [0.1, 0.15) is 0 Å². The molecule has 1 rings (SSSR count). The van der Waals surface area contributed by atoms with Crippen LogP contribution in [0.1, 0.15) is 76.7 Å². The summed E-state index contributed by atoms with van der Waals surface area (Å²) >= 11 is 1.73. The highest BCUT2D eigenvalue weighted by Crippen LogP contribution is 2.10. The molecule has 0 amide bonds. The van der Waals surface area contributed by atoms with E-state index < -0.39 is 0 Å². The van der Waals surface area contributed by atoms with Crippen LogP contribution in [-0.4, -0.2) is 52.7 Å². The average Bonchev–Trinajstić information content (AvgIpc) is 3.25. The van der Waals surface area contributed by atoms with Crippen molar-refractivity contribution < 1.29 is 14.2 Å². The molecule has 1 N–H and O–H groups in total. The zero-order valence-corrected chi connectivity index (χ0v) is 19.6. The molecule has 0 aliphatic heterocycles. The van der Waals surface area contributed by atoms with Gasteiger partial charge in [-0.1, -0.05) is 64.7 Å². The van der Waals surface area contributed by atoms with Crippen LogP contribution >= 0.6 is 11.3 Å². The average molecular weight is 428 g/mol. The number of hydrogen-bond donors (Lipinski definition) is 1. The van der Waals surface area contributed by atoms with Crippen LogP contribution < -0.4 is 5.32 Å². The van der Waals surface area contributed by atoms with Gasteiger partial charge in [0, 0.05) is 6.54 Å². The monoisotopic (exact) mass is 427 g/mol. The number of unbranched alkanes of at least 4 members (excludes halogenated alkanes) is 9. The zero-order valence-electron chi connectivity index (χ0n) is 18.8. The predicted molar refractivity (Wildman–Crippen MR) is 125 cm³/mol. The predicted octanol–water partition coefficient (Wildman–Crippen LogP) is 5.85. The molecule has 0 saturated heterocycles. The minimum absolute atomic E-state index is 0.643. The summed E-state index contributed by atoms with van der Waals surface area (Å²) in [5.41, 5.74) is 1.35. The standard InChI is InChI=1S/C24H45NO3S/c1-2-3-4-5-6-7-8-9-10-11-14-25-15-17-27-19-21-28-20-18-26-16-12-24-13-22-29-23-24/h13,22-23,25H,2-12,14-21H2,1H3. The molecular weight excluding hydrogens is 382 g/mol. The Morgan fingerprint density at radius 2 is 1.28 bits per heavy atom. The van der Waals surface area contributed by atoms with Crippen LogP contribution in [0, 0.1) is 0 Å². The number of hydrogen-bond acceptors (Lipinski definition) is 5. The van der Waals surface area contributed by atoms with E-state index in [4.69, 9.17) is 14.2 Å². The molecule has 0 fully saturated rings. The van der Waals surface area contributed by atoms with Crippen LogP contribution in [0.3, 0.4) is 0 Å². The molecule has 1 aromatic rings. The Morgan fingerprint density at radius 3 is 1.90 bits per heavy atom. The number of rotatable bonds is 23. The fourth-order valence-corrected chi connectivity index (χ4v) is 3.88. The summed E-state index contributed by atoms with van der Waals surface area (Å²) in [5, 5.41) is 7.74. The Hall–Kier alpha value is -0.460. The van der Waals surface area contributed by atoms with Gasteiger partial charge in [0.05, 0.1) is 39.6 Å². The highest BCUT2D eigenvalue weighted by atomic mass is 32.1. The van der Waals surface area contributed by atoms with Crippen LogP contribution in [0.25, 0.3) is 0 Å². The van der Waals surface area contributed by atoms with Crippen LogP contribution in [0.5, 0.6) is 0 Å². The maximum absolute atomic E-state index is 5.58. The fraction of sp³-hybridized carbons (Fsp3) is 0.833. The van der Waals surface area contributed by atoms with Crippen molar-refractivity contribution in [1.82, 2.24) is 5.32 Å². The molecule has 0 unspecified atom stereocenters. The molecule has 0 aliphatic rings. The normalized spacial score (nSPS) is 11.3. The van der Waals surface area contributed by atoms with Crippen molar-refractivity contribution in [2.75, 3.05) is 52.7 Å². The van der Waals surface area contributed by atoms with Crippen molar-refractivity contribution in [3.05, 3.63) is 22.4 Å². The summed E-state index contributed by atoms with van der Waals surface area (Å²) < 4.78 is 16.7. The van der Waals surface area contributed by atoms with E-state index in [1.54, 1.807) is 11.3 Å². The minimum atomic E-state index is 0.643. The fourth-order valence-electron chi connectivity index (χ4n) is 3.17. The molecule has 4 nitrogen and oxygen atoms in total. The van der Waals surface area contributed by atoms with Gasteiger partial charge in [-0.25, -0.2) is 0 Å². The quantitative estimate of drug-likeness (QED) is 0.222. The lowest BCUT2D eigenvalue weighted by molar-refractivity contribution is 0.0157. The highest BCUT2D eigenvalue weighted by molar-refractivity contribution is 7.07. The van der Waals surface area contributed by atoms with E-state index in [0.717, 1.165) is 32.7 Å². The lowest BCUT2D eigenvalue weighted by Crippen LogP contribution is -2.21. The van der Waals surface area contributed by atoms with Gasteiger partial charge in [0.25, 0.3) is 0 Å². The Morgan fingerprint density at radius 1 is 0.690 bits per heavy atom. The van der Waals surface area contributed by atoms with Gasteiger partial charge in [-0.2, -0.15) is 11.3 Å². The van der Waals surface area contributed by atoms with Crippen molar-refractivity contribution in [3.63, 3.8) is 0 Å². The van der Waals surface area contributed by atoms with Gasteiger partial charge >= 0.3 is 0 Å². The molecule has 0 aliphatic carbocycles. The Labute approximate surface area is 183 Å². The summed E-state index contributed by atoms with van der Waals surface area (Å²) in [7, 11) is 0. The largest absolute Gasteiger partial charge is 0.379 e. The third-order valence-electron chi connectivity index (χ3n) is 4.99. The summed E-state index contributed by atoms with van der Waals surface area (Å²) in [5.74, 6) is 0. The van der Waals surface area contributed by atoms with E-state index in [1.165, 1.54) is 69.8 Å². The van der Waals surface area contributed by atoms with E-state index in [2.05, 4.69) is 29.1 Å². The van der Waals surface area contributed by atoms with Gasteiger partial charge in [-0.05, 0) is 41.8 Å². The first-order valence-corrected chi connectivity index (χ1v) is 12.8. The molecule has 5 heteroatoms. The van der Waals surface area contributed by atoms with Crippen LogP contribution in [0.15, 0.2) is 16.8 Å².